The van der Waals surface area contributed by atoms with Crippen molar-refractivity contribution in [2.75, 3.05) is 12.8 Å². The van der Waals surface area contributed by atoms with Crippen LogP contribution in [0.15, 0.2) is 36.7 Å². The summed E-state index contributed by atoms with van der Waals surface area (Å²) in [6.45, 7) is 0. The maximum absolute atomic E-state index is 6.13. The van der Waals surface area contributed by atoms with Gasteiger partial charge in [0.15, 0.2) is 0 Å². The van der Waals surface area contributed by atoms with Crippen molar-refractivity contribution in [3.8, 4) is 16.9 Å². The van der Waals surface area contributed by atoms with Crippen LogP contribution in [0, 0.1) is 0 Å². The number of rotatable bonds is 2. The Morgan fingerprint density at radius 1 is 1.25 bits per heavy atom. The molecular weight excluding hydrogens is 224 g/mol. The third-order valence-electron chi connectivity index (χ3n) is 2.28. The molecule has 0 aliphatic carbocycles. The predicted molar refractivity (Wildman–Crippen MR) is 65.6 cm³/mol. The molecule has 0 fully saturated rings. The Hall–Kier alpha value is -1.74. The van der Waals surface area contributed by atoms with Crippen LogP contribution in [0.25, 0.3) is 11.1 Å². The maximum Gasteiger partial charge on any atom is 0.129 e. The van der Waals surface area contributed by atoms with Crippen LogP contribution < -0.4 is 10.5 Å². The molecule has 0 saturated heterocycles. The van der Waals surface area contributed by atoms with Crippen LogP contribution in [0.5, 0.6) is 5.75 Å². The number of hydrogen-bond acceptors (Lipinski definition) is 3. The van der Waals surface area contributed by atoms with Gasteiger partial charge < -0.3 is 10.5 Å². The van der Waals surface area contributed by atoms with Gasteiger partial charge in [-0.25, -0.2) is 0 Å². The number of nitrogens with zero attached hydrogens (tertiary/aromatic N) is 1. The quantitative estimate of drug-likeness (QED) is 0.813. The fraction of sp³-hybridized carbons (Fsp3) is 0.0833. The highest BCUT2D eigenvalue weighted by Gasteiger charge is 2.09. The third-order valence-corrected chi connectivity index (χ3v) is 2.60. The lowest BCUT2D eigenvalue weighted by molar-refractivity contribution is 0.416. The smallest absolute Gasteiger partial charge is 0.129 e. The van der Waals surface area contributed by atoms with E-state index in [1.165, 1.54) is 0 Å². The van der Waals surface area contributed by atoms with Crippen LogP contribution in [0.2, 0.25) is 5.02 Å². The van der Waals surface area contributed by atoms with Gasteiger partial charge in [-0.2, -0.15) is 0 Å². The van der Waals surface area contributed by atoms with Gasteiger partial charge in [0, 0.05) is 29.2 Å². The number of ether oxygens (including phenoxy) is 1. The molecule has 2 N–H and O–H groups in total. The minimum absolute atomic E-state index is 0.589. The van der Waals surface area contributed by atoms with E-state index in [4.69, 9.17) is 22.1 Å². The minimum Gasteiger partial charge on any atom is -0.496 e. The lowest BCUT2D eigenvalue weighted by atomic mass is 10.1. The number of halogens is 1. The molecule has 0 aliphatic heterocycles. The second kappa shape index (κ2) is 4.41. The highest BCUT2D eigenvalue weighted by atomic mass is 35.5. The summed E-state index contributed by atoms with van der Waals surface area (Å²) >= 11 is 6.13. The zero-order chi connectivity index (χ0) is 11.5. The van der Waals surface area contributed by atoms with Gasteiger partial charge in [-0.15, -0.1) is 0 Å². The summed E-state index contributed by atoms with van der Waals surface area (Å²) in [6, 6.07) is 7.16. The molecule has 16 heavy (non-hydrogen) atoms. The van der Waals surface area contributed by atoms with E-state index in [0.717, 1.165) is 16.9 Å². The zero-order valence-corrected chi connectivity index (χ0v) is 9.53. The average Bonchev–Trinajstić information content (AvgIpc) is 2.29. The van der Waals surface area contributed by atoms with Crippen LogP contribution in [-0.4, -0.2) is 12.1 Å². The number of anilines is 1. The summed E-state index contributed by atoms with van der Waals surface area (Å²) in [5.74, 6) is 0.738. The zero-order valence-electron chi connectivity index (χ0n) is 8.77. The first kappa shape index (κ1) is 10.8. The number of nitrogens with two attached hydrogens (primary N) is 1. The Balaban J connectivity index is 2.58. The van der Waals surface area contributed by atoms with Crippen molar-refractivity contribution in [3.63, 3.8) is 0 Å². The molecule has 0 bridgehead atoms. The average molecular weight is 235 g/mol. The molecule has 1 aromatic heterocycles. The van der Waals surface area contributed by atoms with Crippen molar-refractivity contribution >= 4 is 17.3 Å². The Bertz CT molecular complexity index is 514. The fourth-order valence-electron chi connectivity index (χ4n) is 1.51. The van der Waals surface area contributed by atoms with Gasteiger partial charge in [-0.3, -0.25) is 4.98 Å². The second-order valence-electron chi connectivity index (χ2n) is 3.32. The molecule has 0 saturated carbocycles. The molecule has 0 atom stereocenters. The number of aromatic nitrogens is 1. The standard InChI is InChI=1S/C12H11ClN2O/c1-16-12-4-5-15-7-10(12)9-3-2-8(14)6-11(9)13/h2-7H,14H2,1H3. The van der Waals surface area contributed by atoms with E-state index in [-0.39, 0.29) is 0 Å². The van der Waals surface area contributed by atoms with Crippen molar-refractivity contribution in [1.82, 2.24) is 4.98 Å². The summed E-state index contributed by atoms with van der Waals surface area (Å²) in [5, 5.41) is 0.589. The Morgan fingerprint density at radius 2 is 2.06 bits per heavy atom. The molecule has 0 unspecified atom stereocenters. The summed E-state index contributed by atoms with van der Waals surface area (Å²) < 4.78 is 5.26. The van der Waals surface area contributed by atoms with Crippen LogP contribution in [-0.2, 0) is 0 Å². The van der Waals surface area contributed by atoms with Crippen molar-refractivity contribution in [2.24, 2.45) is 0 Å². The Morgan fingerprint density at radius 3 is 2.75 bits per heavy atom. The van der Waals surface area contributed by atoms with Gasteiger partial charge in [0.1, 0.15) is 5.75 Å². The predicted octanol–water partition coefficient (Wildman–Crippen LogP) is 2.99. The SMILES string of the molecule is COc1ccncc1-c1ccc(N)cc1Cl. The molecule has 82 valence electrons. The van der Waals surface area contributed by atoms with Gasteiger partial charge in [0.2, 0.25) is 0 Å². The van der Waals surface area contributed by atoms with E-state index in [0.29, 0.717) is 10.7 Å². The molecular formula is C12H11ClN2O. The van der Waals surface area contributed by atoms with Gasteiger partial charge in [0.05, 0.1) is 12.1 Å². The molecule has 1 aromatic carbocycles. The van der Waals surface area contributed by atoms with Crippen LogP contribution in [0.1, 0.15) is 0 Å². The Labute approximate surface area is 98.8 Å². The fourth-order valence-corrected chi connectivity index (χ4v) is 1.80. The van der Waals surface area contributed by atoms with E-state index in [9.17, 15) is 0 Å². The first-order valence-electron chi connectivity index (χ1n) is 4.76. The van der Waals surface area contributed by atoms with E-state index in [2.05, 4.69) is 4.98 Å². The third kappa shape index (κ3) is 1.95. The molecule has 0 spiro atoms. The minimum atomic E-state index is 0.589. The molecule has 1 heterocycles. The van der Waals surface area contributed by atoms with E-state index in [1.807, 2.05) is 6.07 Å². The largest absolute Gasteiger partial charge is 0.496 e. The highest BCUT2D eigenvalue weighted by molar-refractivity contribution is 6.33. The Kier molecular flexibility index (Phi) is 2.97. The van der Waals surface area contributed by atoms with Gasteiger partial charge in [-0.1, -0.05) is 17.7 Å². The number of nitrogen functional groups attached to an aromatic ring is 1. The monoisotopic (exact) mass is 234 g/mol. The molecule has 2 rings (SSSR count). The second-order valence-corrected chi connectivity index (χ2v) is 3.72. The van der Waals surface area contributed by atoms with E-state index >= 15 is 0 Å². The van der Waals surface area contributed by atoms with Gasteiger partial charge >= 0.3 is 0 Å². The maximum atomic E-state index is 6.13. The summed E-state index contributed by atoms with van der Waals surface area (Å²) in [6.07, 6.45) is 3.39. The lowest BCUT2D eigenvalue weighted by Gasteiger charge is -2.09. The van der Waals surface area contributed by atoms with E-state index < -0.39 is 0 Å². The molecule has 3 nitrogen and oxygen atoms in total. The summed E-state index contributed by atoms with van der Waals surface area (Å²) in [7, 11) is 1.62. The van der Waals surface area contributed by atoms with E-state index in [1.54, 1.807) is 37.7 Å². The highest BCUT2D eigenvalue weighted by Crippen LogP contribution is 2.34. The number of hydrogen-bond donors (Lipinski definition) is 1. The number of methoxy groups -OCH3 is 1. The van der Waals surface area contributed by atoms with Gasteiger partial charge in [0.25, 0.3) is 0 Å². The normalized spacial score (nSPS) is 10.1. The van der Waals surface area contributed by atoms with Crippen molar-refractivity contribution in [2.45, 2.75) is 0 Å². The first-order valence-corrected chi connectivity index (χ1v) is 5.13. The molecule has 2 aromatic rings. The summed E-state index contributed by atoms with van der Waals surface area (Å²) in [4.78, 5) is 4.06. The molecule has 0 aliphatic rings. The van der Waals surface area contributed by atoms with Crippen molar-refractivity contribution in [1.29, 1.82) is 0 Å². The molecule has 0 radical (unpaired) electrons. The number of benzene rings is 1. The first-order chi connectivity index (χ1) is 7.72. The lowest BCUT2D eigenvalue weighted by Crippen LogP contribution is -1.91. The van der Waals surface area contributed by atoms with Gasteiger partial charge in [-0.05, 0) is 18.2 Å². The van der Waals surface area contributed by atoms with Crippen molar-refractivity contribution < 1.29 is 4.74 Å². The van der Waals surface area contributed by atoms with Crippen LogP contribution in [0.3, 0.4) is 0 Å². The molecule has 0 amide bonds. The van der Waals surface area contributed by atoms with Crippen LogP contribution >= 0.6 is 11.6 Å². The number of pyridine rings is 1. The summed E-state index contributed by atoms with van der Waals surface area (Å²) in [5.41, 5.74) is 8.00. The van der Waals surface area contributed by atoms with Crippen LogP contribution in [0.4, 0.5) is 5.69 Å². The topological polar surface area (TPSA) is 48.1 Å². The molecule has 4 heteroatoms. The van der Waals surface area contributed by atoms with Crippen molar-refractivity contribution in [3.05, 3.63) is 41.7 Å².